The number of benzene rings is 1. The van der Waals surface area contributed by atoms with Gasteiger partial charge in [-0.25, -0.2) is 0 Å². The third-order valence-electron chi connectivity index (χ3n) is 3.47. The maximum absolute atomic E-state index is 12.3. The SMILES string of the molecule is O=C(NCC1=CCC=CC(Cl)=C1)c1ccc2cnccc2c1. The number of amides is 1. The highest BCUT2D eigenvalue weighted by molar-refractivity contribution is 6.31. The normalized spacial score (nSPS) is 14.2. The summed E-state index contributed by atoms with van der Waals surface area (Å²) in [6.07, 6.45) is 12.1. The molecule has 1 aliphatic rings. The minimum atomic E-state index is -0.0960. The molecular formula is C18H15ClN2O. The van der Waals surface area contributed by atoms with Crippen LogP contribution in [0.25, 0.3) is 10.8 Å². The van der Waals surface area contributed by atoms with Crippen LogP contribution in [0.3, 0.4) is 0 Å². The molecule has 0 spiro atoms. The summed E-state index contributed by atoms with van der Waals surface area (Å²) < 4.78 is 0. The number of allylic oxidation sites excluding steroid dienone is 4. The van der Waals surface area contributed by atoms with Gasteiger partial charge >= 0.3 is 0 Å². The molecule has 1 aliphatic carbocycles. The highest BCUT2D eigenvalue weighted by Crippen LogP contribution is 2.16. The van der Waals surface area contributed by atoms with E-state index in [1.165, 1.54) is 0 Å². The summed E-state index contributed by atoms with van der Waals surface area (Å²) in [6, 6.07) is 7.49. The van der Waals surface area contributed by atoms with Crippen LogP contribution in [0.5, 0.6) is 0 Å². The molecule has 1 heterocycles. The smallest absolute Gasteiger partial charge is 0.251 e. The van der Waals surface area contributed by atoms with Gasteiger partial charge < -0.3 is 5.32 Å². The van der Waals surface area contributed by atoms with Crippen molar-refractivity contribution in [3.05, 3.63) is 77.1 Å². The van der Waals surface area contributed by atoms with Gasteiger partial charge in [-0.3, -0.25) is 9.78 Å². The maximum Gasteiger partial charge on any atom is 0.251 e. The monoisotopic (exact) mass is 310 g/mol. The zero-order chi connectivity index (χ0) is 15.4. The number of nitrogens with one attached hydrogen (secondary N) is 1. The van der Waals surface area contributed by atoms with E-state index in [1.54, 1.807) is 12.4 Å². The van der Waals surface area contributed by atoms with E-state index >= 15 is 0 Å². The van der Waals surface area contributed by atoms with Crippen LogP contribution in [0.4, 0.5) is 0 Å². The zero-order valence-corrected chi connectivity index (χ0v) is 12.7. The Morgan fingerprint density at radius 3 is 3.09 bits per heavy atom. The molecular weight excluding hydrogens is 296 g/mol. The van der Waals surface area contributed by atoms with Gasteiger partial charge in [0.2, 0.25) is 0 Å². The summed E-state index contributed by atoms with van der Waals surface area (Å²) >= 11 is 6.03. The Balaban J connectivity index is 1.71. The molecule has 110 valence electrons. The molecule has 1 aromatic carbocycles. The van der Waals surface area contributed by atoms with E-state index in [0.717, 1.165) is 22.8 Å². The summed E-state index contributed by atoms with van der Waals surface area (Å²) in [6.45, 7) is 0.463. The van der Waals surface area contributed by atoms with Crippen LogP contribution in [0.1, 0.15) is 16.8 Å². The van der Waals surface area contributed by atoms with Crippen molar-refractivity contribution < 1.29 is 4.79 Å². The van der Waals surface area contributed by atoms with E-state index in [1.807, 2.05) is 42.5 Å². The fraction of sp³-hybridized carbons (Fsp3) is 0.111. The summed E-state index contributed by atoms with van der Waals surface area (Å²) in [4.78, 5) is 16.3. The molecule has 0 saturated carbocycles. The molecule has 0 fully saturated rings. The molecule has 3 rings (SSSR count). The van der Waals surface area contributed by atoms with Crippen LogP contribution in [0.15, 0.2) is 71.6 Å². The van der Waals surface area contributed by atoms with Crippen LogP contribution in [-0.2, 0) is 0 Å². The number of hydrogen-bond acceptors (Lipinski definition) is 2. The average molecular weight is 311 g/mol. The fourth-order valence-corrected chi connectivity index (χ4v) is 2.55. The number of carbonyl (C=O) groups excluding carboxylic acids is 1. The number of hydrogen-bond donors (Lipinski definition) is 1. The molecule has 0 saturated heterocycles. The van der Waals surface area contributed by atoms with Crippen LogP contribution in [0.2, 0.25) is 0 Å². The zero-order valence-electron chi connectivity index (χ0n) is 11.9. The van der Waals surface area contributed by atoms with Crippen molar-refractivity contribution in [2.45, 2.75) is 6.42 Å². The predicted octanol–water partition coefficient (Wildman–Crippen LogP) is 3.97. The molecule has 4 heteroatoms. The van der Waals surface area contributed by atoms with Crippen LogP contribution >= 0.6 is 11.6 Å². The first kappa shape index (κ1) is 14.5. The second-order valence-electron chi connectivity index (χ2n) is 5.07. The van der Waals surface area contributed by atoms with Crippen molar-refractivity contribution in [2.75, 3.05) is 6.54 Å². The Kier molecular flexibility index (Phi) is 4.35. The highest BCUT2D eigenvalue weighted by atomic mass is 35.5. The standard InChI is InChI=1S/C18H15ClN2O/c19-17-4-2-1-3-13(9-17)11-21-18(22)15-5-6-16-12-20-8-7-14(16)10-15/h2-10,12H,1,11H2,(H,21,22). The van der Waals surface area contributed by atoms with Crippen LogP contribution < -0.4 is 5.32 Å². The second-order valence-corrected chi connectivity index (χ2v) is 5.50. The van der Waals surface area contributed by atoms with Gasteiger partial charge in [-0.2, -0.15) is 0 Å². The minimum Gasteiger partial charge on any atom is -0.348 e. The molecule has 0 radical (unpaired) electrons. The molecule has 1 aromatic heterocycles. The van der Waals surface area contributed by atoms with Crippen molar-refractivity contribution in [2.24, 2.45) is 0 Å². The third-order valence-corrected chi connectivity index (χ3v) is 3.71. The van der Waals surface area contributed by atoms with E-state index in [2.05, 4.69) is 16.4 Å². The van der Waals surface area contributed by atoms with Gasteiger partial charge in [0.25, 0.3) is 5.91 Å². The summed E-state index contributed by atoms with van der Waals surface area (Å²) in [7, 11) is 0. The quantitative estimate of drug-likeness (QED) is 0.932. The number of rotatable bonds is 3. The molecule has 1 N–H and O–H groups in total. The van der Waals surface area contributed by atoms with E-state index in [4.69, 9.17) is 11.6 Å². The third kappa shape index (κ3) is 3.43. The lowest BCUT2D eigenvalue weighted by molar-refractivity contribution is 0.0957. The summed E-state index contributed by atoms with van der Waals surface area (Å²) in [5.41, 5.74) is 1.65. The molecule has 0 bridgehead atoms. The average Bonchev–Trinajstić information content (AvgIpc) is 2.76. The molecule has 2 aromatic rings. The number of fused-ring (bicyclic) bond motifs is 1. The fourth-order valence-electron chi connectivity index (χ4n) is 2.32. The number of aromatic nitrogens is 1. The summed E-state index contributed by atoms with van der Waals surface area (Å²) in [5, 5.41) is 5.63. The van der Waals surface area contributed by atoms with Crippen molar-refractivity contribution in [3.63, 3.8) is 0 Å². The number of carbonyl (C=O) groups is 1. The second kappa shape index (κ2) is 6.58. The van der Waals surface area contributed by atoms with Gasteiger partial charge in [0, 0.05) is 34.9 Å². The molecule has 1 amide bonds. The first-order valence-electron chi connectivity index (χ1n) is 7.07. The Hall–Kier alpha value is -2.39. The van der Waals surface area contributed by atoms with Gasteiger partial charge in [0.1, 0.15) is 0 Å². The molecule has 0 atom stereocenters. The Labute approximate surface area is 134 Å². The van der Waals surface area contributed by atoms with E-state index in [-0.39, 0.29) is 5.91 Å². The van der Waals surface area contributed by atoms with Gasteiger partial charge in [-0.15, -0.1) is 0 Å². The van der Waals surface area contributed by atoms with Crippen molar-refractivity contribution in [1.29, 1.82) is 0 Å². The van der Waals surface area contributed by atoms with Gasteiger partial charge in [-0.1, -0.05) is 29.8 Å². The van der Waals surface area contributed by atoms with E-state index < -0.39 is 0 Å². The molecule has 0 unspecified atom stereocenters. The van der Waals surface area contributed by atoms with Crippen LogP contribution in [-0.4, -0.2) is 17.4 Å². The lowest BCUT2D eigenvalue weighted by Gasteiger charge is -2.07. The maximum atomic E-state index is 12.3. The molecule has 3 nitrogen and oxygen atoms in total. The Morgan fingerprint density at radius 1 is 1.27 bits per heavy atom. The largest absolute Gasteiger partial charge is 0.348 e. The van der Waals surface area contributed by atoms with Gasteiger partial charge in [0.15, 0.2) is 0 Å². The Morgan fingerprint density at radius 2 is 2.18 bits per heavy atom. The van der Waals surface area contributed by atoms with Gasteiger partial charge in [-0.05, 0) is 47.7 Å². The predicted molar refractivity (Wildman–Crippen MR) is 89.9 cm³/mol. The number of pyridine rings is 1. The number of nitrogens with zero attached hydrogens (tertiary/aromatic N) is 1. The first-order valence-corrected chi connectivity index (χ1v) is 7.45. The molecule has 22 heavy (non-hydrogen) atoms. The van der Waals surface area contributed by atoms with Crippen molar-refractivity contribution >= 4 is 28.3 Å². The van der Waals surface area contributed by atoms with Crippen molar-refractivity contribution in [3.8, 4) is 0 Å². The van der Waals surface area contributed by atoms with Gasteiger partial charge in [0.05, 0.1) is 0 Å². The van der Waals surface area contributed by atoms with E-state index in [0.29, 0.717) is 17.1 Å². The lowest BCUT2D eigenvalue weighted by atomic mass is 10.1. The van der Waals surface area contributed by atoms with Crippen molar-refractivity contribution in [1.82, 2.24) is 10.3 Å². The lowest BCUT2D eigenvalue weighted by Crippen LogP contribution is -2.25. The summed E-state index contributed by atoms with van der Waals surface area (Å²) in [5.74, 6) is -0.0960. The van der Waals surface area contributed by atoms with Crippen LogP contribution in [0, 0.1) is 0 Å². The first-order chi connectivity index (χ1) is 10.7. The molecule has 0 aliphatic heterocycles. The highest BCUT2D eigenvalue weighted by Gasteiger charge is 2.07. The van der Waals surface area contributed by atoms with E-state index in [9.17, 15) is 4.79 Å². The minimum absolute atomic E-state index is 0.0960. The Bertz CT molecular complexity index is 806. The number of halogens is 1. The topological polar surface area (TPSA) is 42.0 Å².